The molecule has 0 radical (unpaired) electrons. The van der Waals surface area contributed by atoms with E-state index < -0.39 is 5.91 Å². The first-order valence-corrected chi connectivity index (χ1v) is 9.87. The van der Waals surface area contributed by atoms with Gasteiger partial charge in [0.25, 0.3) is 5.91 Å². The van der Waals surface area contributed by atoms with Crippen LogP contribution in [0.2, 0.25) is 5.02 Å². The molecule has 3 heterocycles. The molecule has 0 spiro atoms. The van der Waals surface area contributed by atoms with Gasteiger partial charge in [0.2, 0.25) is 0 Å². The van der Waals surface area contributed by atoms with Gasteiger partial charge in [0.05, 0.1) is 34.6 Å². The Bertz CT molecular complexity index is 1290. The van der Waals surface area contributed by atoms with E-state index in [0.29, 0.717) is 28.5 Å². The third-order valence-corrected chi connectivity index (χ3v) is 5.15. The average molecular weight is 432 g/mol. The van der Waals surface area contributed by atoms with Crippen LogP contribution >= 0.6 is 11.6 Å². The van der Waals surface area contributed by atoms with Crippen molar-refractivity contribution in [3.05, 3.63) is 77.3 Å². The fourth-order valence-corrected chi connectivity index (χ4v) is 3.52. The van der Waals surface area contributed by atoms with Crippen molar-refractivity contribution >= 4 is 17.5 Å². The first-order valence-electron chi connectivity index (χ1n) is 9.49. The van der Waals surface area contributed by atoms with E-state index in [-0.39, 0.29) is 6.04 Å². The molecule has 4 aromatic rings. The average Bonchev–Trinajstić information content (AvgIpc) is 3.42. The molecule has 9 heteroatoms. The third kappa shape index (κ3) is 4.17. The van der Waals surface area contributed by atoms with Crippen molar-refractivity contribution in [2.24, 2.45) is 5.73 Å². The molecular weight excluding hydrogens is 414 g/mol. The smallest absolute Gasteiger partial charge is 0.267 e. The highest BCUT2D eigenvalue weighted by molar-refractivity contribution is 6.32. The zero-order valence-electron chi connectivity index (χ0n) is 16.6. The molecule has 0 aliphatic rings. The first kappa shape index (κ1) is 20.3. The lowest BCUT2D eigenvalue weighted by molar-refractivity contribution is 0.0987. The van der Waals surface area contributed by atoms with Gasteiger partial charge < -0.3 is 5.73 Å². The molecule has 0 aliphatic carbocycles. The topological polar surface area (TPSA) is 115 Å². The Balaban J connectivity index is 1.58. The molecule has 1 aromatic carbocycles. The monoisotopic (exact) mass is 431 g/mol. The maximum atomic E-state index is 12.0. The normalized spacial score (nSPS) is 11.8. The number of nitrogens with zero attached hydrogens (tertiary/aromatic N) is 6. The van der Waals surface area contributed by atoms with Gasteiger partial charge in [-0.3, -0.25) is 19.1 Å². The maximum absolute atomic E-state index is 12.0. The standard InChI is InChI=1S/C22H18ClN7O/c1-14(30-21(22(25)31)10-20(28-30)17-3-2-7-26-12-17)13-29-8-6-19(27-29)15-4-5-16(11-24)18(23)9-15/h2-10,12,14H,13H2,1H3,(H2,25,31)/t14-/m0/s1. The summed E-state index contributed by atoms with van der Waals surface area (Å²) in [5.41, 5.74) is 9.28. The lowest BCUT2D eigenvalue weighted by Gasteiger charge is -2.14. The largest absolute Gasteiger partial charge is 0.364 e. The van der Waals surface area contributed by atoms with Crippen LogP contribution in [0.4, 0.5) is 0 Å². The molecule has 2 N–H and O–H groups in total. The van der Waals surface area contributed by atoms with E-state index in [4.69, 9.17) is 22.6 Å². The highest BCUT2D eigenvalue weighted by Gasteiger charge is 2.19. The van der Waals surface area contributed by atoms with Crippen LogP contribution in [-0.2, 0) is 6.54 Å². The first-order chi connectivity index (χ1) is 15.0. The van der Waals surface area contributed by atoms with Gasteiger partial charge in [-0.05, 0) is 43.3 Å². The van der Waals surface area contributed by atoms with Crippen molar-refractivity contribution in [1.82, 2.24) is 24.5 Å². The highest BCUT2D eigenvalue weighted by atomic mass is 35.5. The Labute approximate surface area is 183 Å². The number of rotatable bonds is 6. The van der Waals surface area contributed by atoms with Gasteiger partial charge in [0.15, 0.2) is 0 Å². The Morgan fingerprint density at radius 2 is 2.03 bits per heavy atom. The zero-order valence-corrected chi connectivity index (χ0v) is 17.4. The van der Waals surface area contributed by atoms with Gasteiger partial charge in [-0.2, -0.15) is 15.5 Å². The van der Waals surface area contributed by atoms with Crippen molar-refractivity contribution in [2.75, 3.05) is 0 Å². The van der Waals surface area contributed by atoms with Gasteiger partial charge in [-0.25, -0.2) is 0 Å². The quantitative estimate of drug-likeness (QED) is 0.499. The molecule has 0 saturated carbocycles. The van der Waals surface area contributed by atoms with Crippen LogP contribution in [0.25, 0.3) is 22.5 Å². The molecule has 0 bridgehead atoms. The second kappa shape index (κ2) is 8.42. The van der Waals surface area contributed by atoms with E-state index in [2.05, 4.69) is 15.2 Å². The molecule has 0 unspecified atom stereocenters. The molecule has 1 atom stereocenters. The second-order valence-corrected chi connectivity index (χ2v) is 7.45. The number of pyridine rings is 1. The minimum Gasteiger partial charge on any atom is -0.364 e. The van der Waals surface area contributed by atoms with Crippen molar-refractivity contribution in [3.63, 3.8) is 0 Å². The summed E-state index contributed by atoms with van der Waals surface area (Å²) in [5.74, 6) is -0.553. The summed E-state index contributed by atoms with van der Waals surface area (Å²) in [4.78, 5) is 16.1. The summed E-state index contributed by atoms with van der Waals surface area (Å²) in [7, 11) is 0. The fraction of sp³-hybridized carbons (Fsp3) is 0.136. The number of hydrogen-bond donors (Lipinski definition) is 1. The van der Waals surface area contributed by atoms with Gasteiger partial charge in [0.1, 0.15) is 11.8 Å². The number of halogens is 1. The molecule has 3 aromatic heterocycles. The molecular formula is C22H18ClN7O. The number of nitrogens with two attached hydrogens (primary N) is 1. The van der Waals surface area contributed by atoms with Crippen LogP contribution in [0.15, 0.2) is 61.1 Å². The molecule has 0 saturated heterocycles. The van der Waals surface area contributed by atoms with Gasteiger partial charge in [0, 0.05) is 29.7 Å². The van der Waals surface area contributed by atoms with Crippen molar-refractivity contribution in [2.45, 2.75) is 19.5 Å². The predicted octanol–water partition coefficient (Wildman–Crippen LogP) is 3.69. The molecule has 154 valence electrons. The van der Waals surface area contributed by atoms with Gasteiger partial charge in [-0.1, -0.05) is 17.7 Å². The number of nitriles is 1. The maximum Gasteiger partial charge on any atom is 0.267 e. The Morgan fingerprint density at radius 3 is 2.71 bits per heavy atom. The van der Waals surface area contributed by atoms with Crippen LogP contribution in [0, 0.1) is 11.3 Å². The van der Waals surface area contributed by atoms with E-state index in [1.54, 1.807) is 46.0 Å². The summed E-state index contributed by atoms with van der Waals surface area (Å²) in [6.07, 6.45) is 5.20. The van der Waals surface area contributed by atoms with Crippen LogP contribution in [0.3, 0.4) is 0 Å². The van der Waals surface area contributed by atoms with Gasteiger partial charge in [-0.15, -0.1) is 0 Å². The minimum absolute atomic E-state index is 0.190. The highest BCUT2D eigenvalue weighted by Crippen LogP contribution is 2.25. The van der Waals surface area contributed by atoms with E-state index in [9.17, 15) is 4.79 Å². The van der Waals surface area contributed by atoms with Crippen LogP contribution in [-0.4, -0.2) is 30.5 Å². The van der Waals surface area contributed by atoms with Crippen molar-refractivity contribution in [1.29, 1.82) is 5.26 Å². The van der Waals surface area contributed by atoms with E-state index in [0.717, 1.165) is 16.8 Å². The second-order valence-electron chi connectivity index (χ2n) is 7.04. The zero-order chi connectivity index (χ0) is 22.0. The molecule has 4 rings (SSSR count). The molecule has 0 aliphatic heterocycles. The number of aromatic nitrogens is 5. The number of amides is 1. The van der Waals surface area contributed by atoms with Crippen LogP contribution in [0.5, 0.6) is 0 Å². The number of hydrogen-bond acceptors (Lipinski definition) is 5. The van der Waals surface area contributed by atoms with E-state index in [1.807, 2.05) is 37.4 Å². The van der Waals surface area contributed by atoms with Crippen molar-refractivity contribution in [3.8, 4) is 28.6 Å². The number of carbonyl (C=O) groups is 1. The summed E-state index contributed by atoms with van der Waals surface area (Å²) in [6.45, 7) is 2.41. The number of benzene rings is 1. The Kier molecular flexibility index (Phi) is 5.52. The third-order valence-electron chi connectivity index (χ3n) is 4.84. The minimum atomic E-state index is -0.553. The van der Waals surface area contributed by atoms with Gasteiger partial charge >= 0.3 is 0 Å². The van der Waals surface area contributed by atoms with E-state index >= 15 is 0 Å². The van der Waals surface area contributed by atoms with Crippen molar-refractivity contribution < 1.29 is 4.79 Å². The van der Waals surface area contributed by atoms with Crippen LogP contribution < -0.4 is 5.73 Å². The summed E-state index contributed by atoms with van der Waals surface area (Å²) in [5, 5.41) is 18.6. The van der Waals surface area contributed by atoms with Crippen LogP contribution in [0.1, 0.15) is 29.0 Å². The SMILES string of the molecule is C[C@@H](Cn1ccc(-c2ccc(C#N)c(Cl)c2)n1)n1nc(-c2cccnc2)cc1C(N)=O. The Hall–Kier alpha value is -3.96. The Morgan fingerprint density at radius 1 is 1.19 bits per heavy atom. The lowest BCUT2D eigenvalue weighted by atomic mass is 10.1. The molecule has 31 heavy (non-hydrogen) atoms. The van der Waals surface area contributed by atoms with E-state index in [1.165, 1.54) is 0 Å². The number of carbonyl (C=O) groups excluding carboxylic acids is 1. The summed E-state index contributed by atoms with van der Waals surface area (Å²) < 4.78 is 3.38. The predicted molar refractivity (Wildman–Crippen MR) is 116 cm³/mol. The molecule has 0 fully saturated rings. The number of primary amides is 1. The fourth-order valence-electron chi connectivity index (χ4n) is 3.30. The lowest BCUT2D eigenvalue weighted by Crippen LogP contribution is -2.22. The summed E-state index contributed by atoms with van der Waals surface area (Å²) in [6, 6.07) is 14.3. The molecule has 8 nitrogen and oxygen atoms in total. The summed E-state index contributed by atoms with van der Waals surface area (Å²) >= 11 is 6.13. The molecule has 1 amide bonds.